The smallest absolute Gasteiger partial charge is 0.352 e. The number of carbonyl (C=O) groups is 1. The number of amides is 2. The molecule has 5 atom stereocenters. The molecular formula is C15H31Br2ClN3O9P. The number of rotatable bonds is 14. The quantitative estimate of drug-likeness (QED) is 0.0835. The summed E-state index contributed by atoms with van der Waals surface area (Å²) in [5, 5.41) is 42.2. The highest BCUT2D eigenvalue weighted by Gasteiger charge is 2.34. The van der Waals surface area contributed by atoms with Gasteiger partial charge in [-0.15, -0.1) is 16.5 Å². The van der Waals surface area contributed by atoms with E-state index in [2.05, 4.69) is 42.5 Å². The summed E-state index contributed by atoms with van der Waals surface area (Å²) >= 11 is 11.3. The number of alkyl halides is 3. The Balaban J connectivity index is 0. The molecule has 0 fully saturated rings. The fourth-order valence-corrected chi connectivity index (χ4v) is 4.29. The molecule has 0 bridgehead atoms. The van der Waals surface area contributed by atoms with Crippen molar-refractivity contribution in [1.82, 2.24) is 10.3 Å². The molecule has 0 spiro atoms. The van der Waals surface area contributed by atoms with Crippen LogP contribution in [0.1, 0.15) is 20.8 Å². The molecule has 0 heterocycles. The lowest BCUT2D eigenvalue weighted by Crippen LogP contribution is -2.45. The molecule has 0 aliphatic heterocycles. The predicted molar refractivity (Wildman–Crippen MR) is 124 cm³/mol. The van der Waals surface area contributed by atoms with Gasteiger partial charge >= 0.3 is 13.6 Å². The second-order valence-electron chi connectivity index (χ2n) is 5.82. The molecule has 0 rings (SSSR count). The summed E-state index contributed by atoms with van der Waals surface area (Å²) in [7, 11) is -3.47. The molecule has 0 aromatic heterocycles. The molecule has 0 aliphatic carbocycles. The monoisotopic (exact) mass is 621 g/mol. The zero-order valence-corrected chi connectivity index (χ0v) is 22.3. The zero-order valence-electron chi connectivity index (χ0n) is 17.4. The Morgan fingerprint density at radius 2 is 1.52 bits per heavy atom. The third kappa shape index (κ3) is 12.8. The van der Waals surface area contributed by atoms with Gasteiger partial charge in [-0.1, -0.05) is 31.9 Å². The van der Waals surface area contributed by atoms with E-state index in [1.165, 1.54) is 6.92 Å². The van der Waals surface area contributed by atoms with Gasteiger partial charge in [-0.3, -0.25) is 4.57 Å². The first-order chi connectivity index (χ1) is 14.5. The molecule has 12 nitrogen and oxygen atoms in total. The average molecular weight is 624 g/mol. The highest BCUT2D eigenvalue weighted by atomic mass is 79.9. The lowest BCUT2D eigenvalue weighted by Gasteiger charge is -2.25. The number of aliphatic hydroxyl groups excluding tert-OH is 4. The normalized spacial score (nSPS) is 16.2. The predicted octanol–water partition coefficient (Wildman–Crippen LogP) is 1.75. The fraction of sp³-hybridized carbons (Fsp3) is 0.933. The van der Waals surface area contributed by atoms with Crippen molar-refractivity contribution in [3.8, 4) is 0 Å². The summed E-state index contributed by atoms with van der Waals surface area (Å²) in [5.41, 5.74) is 0. The van der Waals surface area contributed by atoms with Gasteiger partial charge in [0, 0.05) is 16.5 Å². The summed E-state index contributed by atoms with van der Waals surface area (Å²) in [6.07, 6.45) is -4.82. The maximum absolute atomic E-state index is 12.3. The van der Waals surface area contributed by atoms with Crippen molar-refractivity contribution < 1.29 is 38.8 Å². The Morgan fingerprint density at radius 1 is 1.10 bits per heavy atom. The number of halogens is 3. The molecule has 186 valence electrons. The van der Waals surface area contributed by atoms with E-state index >= 15 is 0 Å². The van der Waals surface area contributed by atoms with Crippen LogP contribution in [0.4, 0.5) is 4.79 Å². The van der Waals surface area contributed by atoms with Crippen LogP contribution in [0.25, 0.3) is 0 Å². The minimum absolute atomic E-state index is 0.0445. The number of nitrogens with one attached hydrogen (secondary N) is 1. The molecule has 1 unspecified atom stereocenters. The van der Waals surface area contributed by atoms with Gasteiger partial charge in [0.15, 0.2) is 0 Å². The topological polar surface area (TPSA) is 178 Å². The van der Waals surface area contributed by atoms with E-state index in [0.717, 1.165) is 0 Å². The molecule has 0 aliphatic rings. The van der Waals surface area contributed by atoms with E-state index in [0.29, 0.717) is 5.01 Å². The van der Waals surface area contributed by atoms with Gasteiger partial charge < -0.3 is 34.8 Å². The molecule has 0 saturated carbocycles. The molecule has 16 heteroatoms. The SMILES string of the molecule is CCOP(=O)(OCC)C(C)NC(=O)N(CCCl)N=O.O[C@H]([C@H](O)[C@@H](O)CBr)[C@H](O)CBr. The van der Waals surface area contributed by atoms with Crippen LogP contribution in [0.2, 0.25) is 0 Å². The maximum atomic E-state index is 12.3. The largest absolute Gasteiger partial charge is 0.389 e. The van der Waals surface area contributed by atoms with Gasteiger partial charge in [-0.05, 0) is 20.8 Å². The summed E-state index contributed by atoms with van der Waals surface area (Å²) in [6.45, 7) is 5.09. The summed E-state index contributed by atoms with van der Waals surface area (Å²) < 4.78 is 22.4. The van der Waals surface area contributed by atoms with E-state index in [-0.39, 0.29) is 36.3 Å². The second kappa shape index (κ2) is 18.5. The summed E-state index contributed by atoms with van der Waals surface area (Å²) in [5.74, 6) is -0.846. The second-order valence-corrected chi connectivity index (χ2v) is 9.86. The Hall–Kier alpha value is 0.110. The Labute approximate surface area is 203 Å². The summed E-state index contributed by atoms with van der Waals surface area (Å²) in [4.78, 5) is 22.1. The first kappa shape index (κ1) is 33.3. The third-order valence-corrected chi connectivity index (χ3v) is 7.32. The maximum Gasteiger partial charge on any atom is 0.352 e. The molecular weight excluding hydrogens is 592 g/mol. The standard InChI is InChI=1S/C9H19ClN3O5P.C6H12Br2O4/c1-4-17-19(16,18-5-2)8(3)11-9(14)13(12-15)7-6-10;7-1-3(9)5(11)6(12)4(10)2-8/h8H,4-7H2,1-3H3,(H,11,14);3-6,9-12H,1-2H2/t;3-,4+,5+,6-. The third-order valence-electron chi connectivity index (χ3n) is 3.51. The Kier molecular flexibility index (Phi) is 19.9. The van der Waals surface area contributed by atoms with Crippen LogP contribution in [0, 0.1) is 4.91 Å². The number of aliphatic hydroxyl groups is 4. The van der Waals surface area contributed by atoms with Crippen LogP contribution in [0.5, 0.6) is 0 Å². The van der Waals surface area contributed by atoms with Gasteiger partial charge in [0.05, 0.1) is 37.3 Å². The lowest BCUT2D eigenvalue weighted by atomic mass is 10.1. The van der Waals surface area contributed by atoms with Crippen molar-refractivity contribution in [3.05, 3.63) is 4.91 Å². The van der Waals surface area contributed by atoms with Crippen molar-refractivity contribution in [2.75, 3.05) is 36.3 Å². The number of hydrogen-bond acceptors (Lipinski definition) is 10. The van der Waals surface area contributed by atoms with Gasteiger partial charge in [0.25, 0.3) is 0 Å². The first-order valence-corrected chi connectivity index (χ1v) is 13.6. The number of nitrogens with zero attached hydrogens (tertiary/aromatic N) is 2. The van der Waals surface area contributed by atoms with Crippen molar-refractivity contribution in [1.29, 1.82) is 0 Å². The molecule has 2 amide bonds. The fourth-order valence-electron chi connectivity index (χ4n) is 1.85. The Bertz CT molecular complexity index is 532. The average Bonchev–Trinajstić information content (AvgIpc) is 2.75. The van der Waals surface area contributed by atoms with Crippen molar-refractivity contribution in [3.63, 3.8) is 0 Å². The number of carbonyl (C=O) groups excluding carboxylic acids is 1. The van der Waals surface area contributed by atoms with Crippen molar-refractivity contribution in [2.45, 2.75) is 51.0 Å². The van der Waals surface area contributed by atoms with E-state index in [9.17, 15) is 24.5 Å². The zero-order chi connectivity index (χ0) is 24.6. The molecule has 31 heavy (non-hydrogen) atoms. The minimum atomic E-state index is -3.47. The summed E-state index contributed by atoms with van der Waals surface area (Å²) in [6, 6.07) is -0.803. The van der Waals surface area contributed by atoms with Gasteiger partial charge in [-0.2, -0.15) is 5.01 Å². The van der Waals surface area contributed by atoms with Crippen LogP contribution >= 0.6 is 51.1 Å². The molecule has 0 saturated heterocycles. The van der Waals surface area contributed by atoms with Crippen LogP contribution in [0.15, 0.2) is 5.29 Å². The van der Waals surface area contributed by atoms with E-state index in [4.69, 9.17) is 30.9 Å². The molecule has 0 radical (unpaired) electrons. The molecule has 0 aromatic rings. The van der Waals surface area contributed by atoms with E-state index < -0.39 is 43.8 Å². The van der Waals surface area contributed by atoms with Gasteiger partial charge in [0.1, 0.15) is 18.0 Å². The van der Waals surface area contributed by atoms with Crippen LogP contribution in [0.3, 0.4) is 0 Å². The highest BCUT2D eigenvalue weighted by Crippen LogP contribution is 2.51. The van der Waals surface area contributed by atoms with E-state index in [1.54, 1.807) is 13.8 Å². The minimum Gasteiger partial charge on any atom is -0.389 e. The first-order valence-electron chi connectivity index (χ1n) is 9.19. The van der Waals surface area contributed by atoms with Crippen LogP contribution < -0.4 is 5.32 Å². The van der Waals surface area contributed by atoms with Crippen LogP contribution in [-0.4, -0.2) is 98.0 Å². The number of nitroso groups, excluding NO2 is 1. The number of urea groups is 1. The number of hydrogen-bond donors (Lipinski definition) is 5. The molecule has 5 N–H and O–H groups in total. The van der Waals surface area contributed by atoms with Crippen molar-refractivity contribution in [2.24, 2.45) is 5.29 Å². The lowest BCUT2D eigenvalue weighted by molar-refractivity contribution is -0.0916. The van der Waals surface area contributed by atoms with Gasteiger partial charge in [-0.25, -0.2) is 4.79 Å². The van der Waals surface area contributed by atoms with Gasteiger partial charge in [0.2, 0.25) is 0 Å². The van der Waals surface area contributed by atoms with Crippen LogP contribution in [-0.2, 0) is 13.6 Å². The highest BCUT2D eigenvalue weighted by molar-refractivity contribution is 9.09. The van der Waals surface area contributed by atoms with E-state index in [1.807, 2.05) is 0 Å². The molecule has 0 aromatic carbocycles. The van der Waals surface area contributed by atoms with Crippen molar-refractivity contribution >= 4 is 57.1 Å². The Morgan fingerprint density at radius 3 is 1.81 bits per heavy atom.